The number of fused-ring (bicyclic) bond motifs is 15. The number of hydrogen-bond acceptors (Lipinski definition) is 3. The number of furan rings is 1. The molecule has 0 saturated heterocycles. The van der Waals surface area contributed by atoms with Crippen LogP contribution in [-0.4, -0.2) is 19.1 Å². The SMILES string of the molecule is c1ccc2c(c1)oc1c(-n3c4ccccc4c4cc5c(cc43)c3ccccc3n5-c3cnc4c5ccccc5c5ccccc5c4n3)cccc12. The molecule has 0 fully saturated rings. The van der Waals surface area contributed by atoms with Gasteiger partial charge in [-0.15, -0.1) is 0 Å². The average molecular weight is 651 g/mol. The third kappa shape index (κ3) is 3.54. The zero-order chi connectivity index (χ0) is 33.2. The van der Waals surface area contributed by atoms with Gasteiger partial charge in [-0.05, 0) is 47.2 Å². The summed E-state index contributed by atoms with van der Waals surface area (Å²) >= 11 is 0. The topological polar surface area (TPSA) is 48.8 Å². The van der Waals surface area contributed by atoms with Gasteiger partial charge in [0.05, 0.1) is 45.0 Å². The minimum atomic E-state index is 0.796. The monoisotopic (exact) mass is 650 g/mol. The zero-order valence-electron chi connectivity index (χ0n) is 27.2. The van der Waals surface area contributed by atoms with Crippen molar-refractivity contribution >= 4 is 98.1 Å². The van der Waals surface area contributed by atoms with Crippen LogP contribution in [0.2, 0.25) is 0 Å². The molecule has 5 nitrogen and oxygen atoms in total. The standard InChI is InChI=1S/C46H26N4O/c1-3-17-32-27(12-1)28-13-2-4-18-33(28)45-44(32)47-26-43(48-45)50-38-21-9-6-15-30(38)36-24-40-35(25-41(36)50)29-14-5-8-20-37(29)49(40)39-22-11-19-34-31-16-7-10-23-42(31)51-46(34)39/h1-26H. The molecule has 0 aliphatic carbocycles. The van der Waals surface area contributed by atoms with E-state index in [0.29, 0.717) is 0 Å². The molecule has 0 spiro atoms. The molecule has 0 radical (unpaired) electrons. The molecule has 12 rings (SSSR count). The summed E-state index contributed by atoms with van der Waals surface area (Å²) in [5.74, 6) is 0.796. The molecule has 0 aliphatic rings. The highest BCUT2D eigenvalue weighted by molar-refractivity contribution is 6.23. The maximum atomic E-state index is 6.58. The van der Waals surface area contributed by atoms with Crippen LogP contribution in [0.3, 0.4) is 0 Å². The Labute approximate surface area is 290 Å². The quantitative estimate of drug-likeness (QED) is 0.175. The van der Waals surface area contributed by atoms with Gasteiger partial charge in [0.25, 0.3) is 0 Å². The molecule has 0 unspecified atom stereocenters. The molecule has 236 valence electrons. The van der Waals surface area contributed by atoms with Crippen LogP contribution in [0, 0.1) is 0 Å². The molecular formula is C46H26N4O. The van der Waals surface area contributed by atoms with Gasteiger partial charge in [0.1, 0.15) is 5.58 Å². The number of para-hydroxylation sites is 4. The first-order valence-corrected chi connectivity index (χ1v) is 17.3. The van der Waals surface area contributed by atoms with Gasteiger partial charge in [-0.25, -0.2) is 4.98 Å². The van der Waals surface area contributed by atoms with Gasteiger partial charge < -0.3 is 8.98 Å². The molecule has 0 saturated carbocycles. The van der Waals surface area contributed by atoms with Crippen molar-refractivity contribution in [2.45, 2.75) is 0 Å². The average Bonchev–Trinajstić information content (AvgIpc) is 3.84. The Bertz CT molecular complexity index is 3400. The minimum Gasteiger partial charge on any atom is -0.454 e. The molecule has 4 heterocycles. The first kappa shape index (κ1) is 26.9. The van der Waals surface area contributed by atoms with E-state index >= 15 is 0 Å². The number of rotatable bonds is 2. The van der Waals surface area contributed by atoms with Crippen LogP contribution in [0.4, 0.5) is 0 Å². The van der Waals surface area contributed by atoms with Gasteiger partial charge >= 0.3 is 0 Å². The van der Waals surface area contributed by atoms with Gasteiger partial charge in [-0.3, -0.25) is 9.55 Å². The second kappa shape index (κ2) is 9.80. The largest absolute Gasteiger partial charge is 0.454 e. The van der Waals surface area contributed by atoms with Crippen LogP contribution in [0.1, 0.15) is 0 Å². The summed E-state index contributed by atoms with van der Waals surface area (Å²) in [7, 11) is 0. The van der Waals surface area contributed by atoms with E-state index in [1.54, 1.807) is 0 Å². The molecule has 0 bridgehead atoms. The maximum absolute atomic E-state index is 6.58. The van der Waals surface area contributed by atoms with Crippen LogP contribution >= 0.6 is 0 Å². The molecule has 0 atom stereocenters. The van der Waals surface area contributed by atoms with E-state index < -0.39 is 0 Å². The van der Waals surface area contributed by atoms with E-state index in [1.165, 1.54) is 26.9 Å². The van der Waals surface area contributed by atoms with Crippen molar-refractivity contribution < 1.29 is 4.42 Å². The predicted molar refractivity (Wildman–Crippen MR) is 211 cm³/mol. The Morgan fingerprint density at radius 1 is 0.392 bits per heavy atom. The van der Waals surface area contributed by atoms with Crippen molar-refractivity contribution in [3.05, 3.63) is 158 Å². The van der Waals surface area contributed by atoms with Crippen molar-refractivity contribution in [3.63, 3.8) is 0 Å². The van der Waals surface area contributed by atoms with Crippen molar-refractivity contribution in [2.24, 2.45) is 0 Å². The smallest absolute Gasteiger partial charge is 0.159 e. The lowest BCUT2D eigenvalue weighted by Gasteiger charge is -2.12. The molecule has 8 aromatic carbocycles. The second-order valence-corrected chi connectivity index (χ2v) is 13.4. The molecule has 12 aromatic rings. The van der Waals surface area contributed by atoms with Crippen LogP contribution in [0.25, 0.3) is 110 Å². The van der Waals surface area contributed by atoms with Crippen molar-refractivity contribution in [1.29, 1.82) is 0 Å². The summed E-state index contributed by atoms with van der Waals surface area (Å²) in [6.45, 7) is 0. The summed E-state index contributed by atoms with van der Waals surface area (Å²) < 4.78 is 11.2. The van der Waals surface area contributed by atoms with Crippen LogP contribution in [0.15, 0.2) is 162 Å². The van der Waals surface area contributed by atoms with Gasteiger partial charge in [0.2, 0.25) is 0 Å². The highest BCUT2D eigenvalue weighted by Crippen LogP contribution is 2.42. The Hall–Kier alpha value is -6.98. The highest BCUT2D eigenvalue weighted by Gasteiger charge is 2.22. The predicted octanol–water partition coefficient (Wildman–Crippen LogP) is 12.0. The van der Waals surface area contributed by atoms with E-state index in [0.717, 1.165) is 82.7 Å². The Kier molecular flexibility index (Phi) is 5.17. The van der Waals surface area contributed by atoms with Gasteiger partial charge in [-0.2, -0.15) is 0 Å². The summed E-state index contributed by atoms with van der Waals surface area (Å²) in [5.41, 5.74) is 9.07. The van der Waals surface area contributed by atoms with E-state index in [-0.39, 0.29) is 0 Å². The maximum Gasteiger partial charge on any atom is 0.159 e. The molecule has 5 heteroatoms. The Morgan fingerprint density at radius 2 is 0.922 bits per heavy atom. The van der Waals surface area contributed by atoms with E-state index in [9.17, 15) is 0 Å². The molecule has 4 aromatic heterocycles. The molecule has 0 N–H and O–H groups in total. The van der Waals surface area contributed by atoms with Crippen LogP contribution < -0.4 is 0 Å². The lowest BCUT2D eigenvalue weighted by molar-refractivity contribution is 0.666. The zero-order valence-corrected chi connectivity index (χ0v) is 27.2. The Balaban J connectivity index is 1.20. The third-order valence-electron chi connectivity index (χ3n) is 10.7. The van der Waals surface area contributed by atoms with Crippen molar-refractivity contribution in [1.82, 2.24) is 19.1 Å². The lowest BCUT2D eigenvalue weighted by Crippen LogP contribution is -2.00. The van der Waals surface area contributed by atoms with Gasteiger partial charge in [-0.1, -0.05) is 115 Å². The molecule has 51 heavy (non-hydrogen) atoms. The Morgan fingerprint density at radius 3 is 1.63 bits per heavy atom. The first-order chi connectivity index (χ1) is 25.3. The summed E-state index contributed by atoms with van der Waals surface area (Å²) in [6, 6.07) is 53.7. The summed E-state index contributed by atoms with van der Waals surface area (Å²) in [4.78, 5) is 10.6. The molecule has 0 amide bonds. The number of aromatic nitrogens is 4. The fourth-order valence-corrected chi connectivity index (χ4v) is 8.57. The molecular weight excluding hydrogens is 625 g/mol. The van der Waals surface area contributed by atoms with Crippen LogP contribution in [0.5, 0.6) is 0 Å². The molecule has 0 aliphatic heterocycles. The summed E-state index contributed by atoms with van der Waals surface area (Å²) in [6.07, 6.45) is 1.94. The van der Waals surface area contributed by atoms with Gasteiger partial charge in [0, 0.05) is 43.1 Å². The fraction of sp³-hybridized carbons (Fsp3) is 0. The van der Waals surface area contributed by atoms with Crippen molar-refractivity contribution in [3.8, 4) is 11.5 Å². The van der Waals surface area contributed by atoms with Crippen LogP contribution in [-0.2, 0) is 0 Å². The first-order valence-electron chi connectivity index (χ1n) is 17.3. The minimum absolute atomic E-state index is 0.796. The van der Waals surface area contributed by atoms with E-state index in [2.05, 4.69) is 149 Å². The normalized spacial score (nSPS) is 12.3. The highest BCUT2D eigenvalue weighted by atomic mass is 16.3. The summed E-state index contributed by atoms with van der Waals surface area (Å²) in [5, 5.41) is 11.5. The van der Waals surface area contributed by atoms with E-state index in [1.807, 2.05) is 18.3 Å². The number of hydrogen-bond donors (Lipinski definition) is 0. The fourth-order valence-electron chi connectivity index (χ4n) is 8.57. The second-order valence-electron chi connectivity index (χ2n) is 13.4. The third-order valence-corrected chi connectivity index (χ3v) is 10.7. The lowest BCUT2D eigenvalue weighted by atomic mass is 10.00. The van der Waals surface area contributed by atoms with Gasteiger partial charge in [0.15, 0.2) is 11.4 Å². The van der Waals surface area contributed by atoms with E-state index in [4.69, 9.17) is 14.4 Å². The number of nitrogens with zero attached hydrogens (tertiary/aromatic N) is 4. The van der Waals surface area contributed by atoms with Crippen molar-refractivity contribution in [2.75, 3.05) is 0 Å². The number of benzene rings is 8.